The van der Waals surface area contributed by atoms with Gasteiger partial charge in [0.25, 0.3) is 0 Å². The first-order valence-corrected chi connectivity index (χ1v) is 6.63. The van der Waals surface area contributed by atoms with E-state index in [-0.39, 0.29) is 6.04 Å². The second kappa shape index (κ2) is 4.43. The molecule has 80 valence electrons. The van der Waals surface area contributed by atoms with Gasteiger partial charge in [-0.15, -0.1) is 11.3 Å². The fourth-order valence-corrected chi connectivity index (χ4v) is 3.26. The van der Waals surface area contributed by atoms with Crippen LogP contribution in [0.25, 0.3) is 0 Å². The highest BCUT2D eigenvalue weighted by molar-refractivity contribution is 7.11. The van der Waals surface area contributed by atoms with Gasteiger partial charge in [-0.2, -0.15) is 11.3 Å². The number of nitrogens with zero attached hydrogens (tertiary/aromatic N) is 1. The predicted octanol–water partition coefficient (Wildman–Crippen LogP) is 3.06. The average Bonchev–Trinajstić information content (AvgIpc) is 2.75. The van der Waals surface area contributed by atoms with Crippen LogP contribution in [0, 0.1) is 13.8 Å². The quantitative estimate of drug-likeness (QED) is 0.892. The number of hydrogen-bond donors (Lipinski definition) is 1. The standard InChI is InChI=1S/C11H14N2S2/c1-7-11(15-8(2)13-7)10(12)5-9-3-4-14-6-9/h3-4,6,10H,5,12H2,1-2H3. The van der Waals surface area contributed by atoms with E-state index >= 15 is 0 Å². The molecule has 0 saturated heterocycles. The fraction of sp³-hybridized carbons (Fsp3) is 0.364. The molecular weight excluding hydrogens is 224 g/mol. The van der Waals surface area contributed by atoms with Crippen molar-refractivity contribution in [3.05, 3.63) is 38.0 Å². The lowest BCUT2D eigenvalue weighted by Gasteiger charge is -2.08. The Hall–Kier alpha value is -0.710. The number of aryl methyl sites for hydroxylation is 2. The van der Waals surface area contributed by atoms with Crippen LogP contribution in [0.15, 0.2) is 16.8 Å². The Bertz CT molecular complexity index is 431. The molecule has 0 aliphatic rings. The molecule has 2 nitrogen and oxygen atoms in total. The Labute approximate surface area is 97.8 Å². The summed E-state index contributed by atoms with van der Waals surface area (Å²) < 4.78 is 0. The molecule has 0 amide bonds. The van der Waals surface area contributed by atoms with Gasteiger partial charge in [0.05, 0.1) is 10.7 Å². The molecule has 0 spiro atoms. The molecule has 0 bridgehead atoms. The van der Waals surface area contributed by atoms with Crippen LogP contribution in [0.5, 0.6) is 0 Å². The van der Waals surface area contributed by atoms with Gasteiger partial charge in [-0.3, -0.25) is 0 Å². The van der Waals surface area contributed by atoms with E-state index in [1.807, 2.05) is 13.8 Å². The molecule has 2 rings (SSSR count). The SMILES string of the molecule is Cc1nc(C)c(C(N)Cc2ccsc2)s1. The van der Waals surface area contributed by atoms with Crippen LogP contribution in [0.4, 0.5) is 0 Å². The van der Waals surface area contributed by atoms with Crippen molar-refractivity contribution in [2.45, 2.75) is 26.3 Å². The maximum absolute atomic E-state index is 6.18. The molecule has 2 aromatic rings. The van der Waals surface area contributed by atoms with E-state index < -0.39 is 0 Å². The summed E-state index contributed by atoms with van der Waals surface area (Å²) in [7, 11) is 0. The first kappa shape index (κ1) is 10.8. The monoisotopic (exact) mass is 238 g/mol. The molecule has 1 atom stereocenters. The molecule has 0 aliphatic carbocycles. The minimum absolute atomic E-state index is 0.0887. The Balaban J connectivity index is 2.14. The Morgan fingerprint density at radius 2 is 2.27 bits per heavy atom. The van der Waals surface area contributed by atoms with Gasteiger partial charge >= 0.3 is 0 Å². The van der Waals surface area contributed by atoms with E-state index in [1.165, 1.54) is 10.4 Å². The molecule has 4 heteroatoms. The van der Waals surface area contributed by atoms with Crippen LogP contribution in [0.3, 0.4) is 0 Å². The number of nitrogens with two attached hydrogens (primary N) is 1. The van der Waals surface area contributed by atoms with E-state index in [4.69, 9.17) is 5.73 Å². The van der Waals surface area contributed by atoms with E-state index in [1.54, 1.807) is 22.7 Å². The van der Waals surface area contributed by atoms with Gasteiger partial charge in [-0.25, -0.2) is 4.98 Å². The van der Waals surface area contributed by atoms with Gasteiger partial charge in [-0.1, -0.05) is 0 Å². The normalized spacial score (nSPS) is 13.0. The van der Waals surface area contributed by atoms with Crippen LogP contribution >= 0.6 is 22.7 Å². The summed E-state index contributed by atoms with van der Waals surface area (Å²) in [5.41, 5.74) is 8.58. The molecule has 0 aliphatic heterocycles. The first-order valence-electron chi connectivity index (χ1n) is 4.87. The van der Waals surface area contributed by atoms with Crippen LogP contribution in [0.1, 0.15) is 27.2 Å². The second-order valence-corrected chi connectivity index (χ2v) is 5.64. The third kappa shape index (κ3) is 2.45. The van der Waals surface area contributed by atoms with Crippen molar-refractivity contribution in [2.24, 2.45) is 5.73 Å². The van der Waals surface area contributed by atoms with Crippen LogP contribution in [0.2, 0.25) is 0 Å². The van der Waals surface area contributed by atoms with Crippen molar-refractivity contribution in [3.63, 3.8) is 0 Å². The average molecular weight is 238 g/mol. The highest BCUT2D eigenvalue weighted by Gasteiger charge is 2.13. The van der Waals surface area contributed by atoms with Crippen LogP contribution in [-0.2, 0) is 6.42 Å². The maximum Gasteiger partial charge on any atom is 0.0900 e. The van der Waals surface area contributed by atoms with Crippen molar-refractivity contribution in [3.8, 4) is 0 Å². The number of hydrogen-bond acceptors (Lipinski definition) is 4. The zero-order chi connectivity index (χ0) is 10.8. The third-order valence-electron chi connectivity index (χ3n) is 2.31. The molecule has 15 heavy (non-hydrogen) atoms. The maximum atomic E-state index is 6.18. The smallest absolute Gasteiger partial charge is 0.0900 e. The van der Waals surface area contributed by atoms with Crippen LogP contribution < -0.4 is 5.73 Å². The largest absolute Gasteiger partial charge is 0.323 e. The molecule has 2 N–H and O–H groups in total. The number of thiophene rings is 1. The lowest BCUT2D eigenvalue weighted by Crippen LogP contribution is -2.12. The minimum Gasteiger partial charge on any atom is -0.323 e. The highest BCUT2D eigenvalue weighted by Crippen LogP contribution is 2.26. The lowest BCUT2D eigenvalue weighted by molar-refractivity contribution is 0.730. The van der Waals surface area contributed by atoms with Crippen LogP contribution in [-0.4, -0.2) is 4.98 Å². The molecule has 0 radical (unpaired) electrons. The molecule has 0 saturated carbocycles. The topological polar surface area (TPSA) is 38.9 Å². The van der Waals surface area contributed by atoms with Gasteiger partial charge < -0.3 is 5.73 Å². The molecule has 1 unspecified atom stereocenters. The molecular formula is C11H14N2S2. The van der Waals surface area contributed by atoms with Gasteiger partial charge in [0.1, 0.15) is 0 Å². The summed E-state index contributed by atoms with van der Waals surface area (Å²) >= 11 is 3.43. The molecule has 2 heterocycles. The van der Waals surface area contributed by atoms with Gasteiger partial charge in [-0.05, 0) is 42.7 Å². The van der Waals surface area contributed by atoms with Gasteiger partial charge in [0, 0.05) is 10.9 Å². The summed E-state index contributed by atoms with van der Waals surface area (Å²) in [6, 6.07) is 2.22. The molecule has 0 fully saturated rings. The lowest BCUT2D eigenvalue weighted by atomic mass is 10.1. The number of aromatic nitrogens is 1. The fourth-order valence-electron chi connectivity index (χ4n) is 1.65. The summed E-state index contributed by atoms with van der Waals surface area (Å²) in [4.78, 5) is 5.62. The van der Waals surface area contributed by atoms with Gasteiger partial charge in [0.15, 0.2) is 0 Å². The predicted molar refractivity (Wildman–Crippen MR) is 66.5 cm³/mol. The summed E-state index contributed by atoms with van der Waals surface area (Å²) in [5.74, 6) is 0. The van der Waals surface area contributed by atoms with E-state index in [0.717, 1.165) is 17.1 Å². The van der Waals surface area contributed by atoms with Crippen molar-refractivity contribution in [1.82, 2.24) is 4.98 Å². The van der Waals surface area contributed by atoms with Gasteiger partial charge in [0.2, 0.25) is 0 Å². The molecule has 2 aromatic heterocycles. The van der Waals surface area contributed by atoms with E-state index in [2.05, 4.69) is 21.8 Å². The summed E-state index contributed by atoms with van der Waals surface area (Å²) in [6.45, 7) is 4.06. The Morgan fingerprint density at radius 3 is 2.80 bits per heavy atom. The number of thiazole rings is 1. The van der Waals surface area contributed by atoms with Crippen molar-refractivity contribution in [1.29, 1.82) is 0 Å². The zero-order valence-corrected chi connectivity index (χ0v) is 10.5. The number of rotatable bonds is 3. The first-order chi connectivity index (χ1) is 7.16. The highest BCUT2D eigenvalue weighted by atomic mass is 32.1. The summed E-state index contributed by atoms with van der Waals surface area (Å²) in [5, 5.41) is 5.35. The Morgan fingerprint density at radius 1 is 1.47 bits per heavy atom. The second-order valence-electron chi connectivity index (χ2n) is 3.62. The van der Waals surface area contributed by atoms with E-state index in [9.17, 15) is 0 Å². The zero-order valence-electron chi connectivity index (χ0n) is 8.86. The third-order valence-corrected chi connectivity index (χ3v) is 4.25. The van der Waals surface area contributed by atoms with Crippen molar-refractivity contribution >= 4 is 22.7 Å². The Kier molecular flexibility index (Phi) is 3.19. The minimum atomic E-state index is 0.0887. The summed E-state index contributed by atoms with van der Waals surface area (Å²) in [6.07, 6.45) is 0.909. The van der Waals surface area contributed by atoms with Crippen molar-refractivity contribution < 1.29 is 0 Å². The van der Waals surface area contributed by atoms with Crippen molar-refractivity contribution in [2.75, 3.05) is 0 Å². The van der Waals surface area contributed by atoms with E-state index in [0.29, 0.717) is 0 Å². The molecule has 0 aromatic carbocycles.